The van der Waals surface area contributed by atoms with Gasteiger partial charge in [-0.25, -0.2) is 0 Å². The van der Waals surface area contributed by atoms with Crippen molar-refractivity contribution in [3.63, 3.8) is 0 Å². The zero-order valence-corrected chi connectivity index (χ0v) is 13.5. The molecule has 1 aromatic rings. The second kappa shape index (κ2) is 6.94. The van der Waals surface area contributed by atoms with Gasteiger partial charge in [-0.15, -0.1) is 0 Å². The summed E-state index contributed by atoms with van der Waals surface area (Å²) < 4.78 is 38.4. The quantitative estimate of drug-likeness (QED) is 0.835. The average Bonchev–Trinajstić information content (AvgIpc) is 2.90. The summed E-state index contributed by atoms with van der Waals surface area (Å²) in [5.41, 5.74) is -0.699. The number of likely N-dealkylation sites (tertiary alicyclic amines) is 1. The van der Waals surface area contributed by atoms with E-state index in [2.05, 4.69) is 11.9 Å². The standard InChI is InChI=1S/C17H21F3N2O2/c1-12(24)9-22-7-6-16(10-22,11-23)13(2)21-15-5-3-4-14(8-15)17(18,19)20/h3-5,8,21,23H,2,6-7,9-11H2,1H3/t16-/m1/s1. The summed E-state index contributed by atoms with van der Waals surface area (Å²) in [5.74, 6) is 0.0280. The van der Waals surface area contributed by atoms with Crippen molar-refractivity contribution in [3.8, 4) is 0 Å². The van der Waals surface area contributed by atoms with Gasteiger partial charge < -0.3 is 10.4 Å². The molecule has 2 N–H and O–H groups in total. The lowest BCUT2D eigenvalue weighted by Gasteiger charge is -2.30. The van der Waals surface area contributed by atoms with E-state index < -0.39 is 17.2 Å². The molecule has 24 heavy (non-hydrogen) atoms. The SMILES string of the molecule is C=C(Nc1cccc(C(F)(F)F)c1)[C@]1(CO)CCN(CC(C)=O)C1. The first-order chi connectivity index (χ1) is 11.2. The highest BCUT2D eigenvalue weighted by Gasteiger charge is 2.40. The van der Waals surface area contributed by atoms with Crippen LogP contribution in [0.2, 0.25) is 0 Å². The van der Waals surface area contributed by atoms with Crippen molar-refractivity contribution in [3.05, 3.63) is 42.1 Å². The fourth-order valence-corrected chi connectivity index (χ4v) is 2.96. The molecule has 1 aliphatic heterocycles. The molecule has 132 valence electrons. The number of rotatable bonds is 6. The van der Waals surface area contributed by atoms with Gasteiger partial charge in [0.1, 0.15) is 5.78 Å². The van der Waals surface area contributed by atoms with E-state index in [4.69, 9.17) is 0 Å². The fraction of sp³-hybridized carbons (Fsp3) is 0.471. The number of benzene rings is 1. The van der Waals surface area contributed by atoms with E-state index in [1.165, 1.54) is 19.1 Å². The third-order valence-electron chi connectivity index (χ3n) is 4.31. The highest BCUT2D eigenvalue weighted by atomic mass is 19.4. The van der Waals surface area contributed by atoms with Crippen LogP contribution in [0.4, 0.5) is 18.9 Å². The molecule has 0 aliphatic carbocycles. The summed E-state index contributed by atoms with van der Waals surface area (Å²) in [4.78, 5) is 13.2. The normalized spacial score (nSPS) is 21.7. The molecule has 0 saturated carbocycles. The molecule has 1 aromatic carbocycles. The third-order valence-corrected chi connectivity index (χ3v) is 4.31. The summed E-state index contributed by atoms with van der Waals surface area (Å²) in [5, 5.41) is 12.7. The van der Waals surface area contributed by atoms with Crippen LogP contribution in [0.15, 0.2) is 36.5 Å². The molecule has 1 heterocycles. The summed E-state index contributed by atoms with van der Waals surface area (Å²) in [6, 6.07) is 4.85. The van der Waals surface area contributed by atoms with Crippen LogP contribution in [0, 0.1) is 5.41 Å². The molecule has 0 bridgehead atoms. The molecule has 7 heteroatoms. The lowest BCUT2D eigenvalue weighted by atomic mass is 9.84. The van der Waals surface area contributed by atoms with E-state index in [0.717, 1.165) is 12.1 Å². The predicted octanol–water partition coefficient (Wildman–Crippen LogP) is 2.90. The van der Waals surface area contributed by atoms with Crippen LogP contribution in [0.25, 0.3) is 0 Å². The minimum absolute atomic E-state index is 0.0280. The maximum absolute atomic E-state index is 12.8. The van der Waals surface area contributed by atoms with Crippen LogP contribution in [0.5, 0.6) is 0 Å². The van der Waals surface area contributed by atoms with E-state index in [0.29, 0.717) is 31.8 Å². The average molecular weight is 342 g/mol. The minimum atomic E-state index is -4.42. The van der Waals surface area contributed by atoms with E-state index in [9.17, 15) is 23.1 Å². The van der Waals surface area contributed by atoms with E-state index in [1.807, 2.05) is 4.90 Å². The van der Waals surface area contributed by atoms with Gasteiger partial charge >= 0.3 is 6.18 Å². The molecular weight excluding hydrogens is 321 g/mol. The monoisotopic (exact) mass is 342 g/mol. The van der Waals surface area contributed by atoms with Crippen molar-refractivity contribution in [1.29, 1.82) is 0 Å². The smallest absolute Gasteiger partial charge is 0.395 e. The van der Waals surface area contributed by atoms with Gasteiger partial charge in [0.15, 0.2) is 0 Å². The van der Waals surface area contributed by atoms with E-state index in [-0.39, 0.29) is 18.1 Å². The maximum Gasteiger partial charge on any atom is 0.416 e. The van der Waals surface area contributed by atoms with Gasteiger partial charge in [-0.2, -0.15) is 13.2 Å². The maximum atomic E-state index is 12.8. The second-order valence-electron chi connectivity index (χ2n) is 6.28. The van der Waals surface area contributed by atoms with Crippen LogP contribution < -0.4 is 5.32 Å². The summed E-state index contributed by atoms with van der Waals surface area (Å²) >= 11 is 0. The number of aliphatic hydroxyl groups excluding tert-OH is 1. The fourth-order valence-electron chi connectivity index (χ4n) is 2.96. The van der Waals surface area contributed by atoms with Crippen molar-refractivity contribution in [1.82, 2.24) is 4.90 Å². The second-order valence-corrected chi connectivity index (χ2v) is 6.28. The Hall–Kier alpha value is -1.86. The molecular formula is C17H21F3N2O2. The molecule has 0 amide bonds. The number of ketones is 1. The first-order valence-electron chi connectivity index (χ1n) is 7.63. The van der Waals surface area contributed by atoms with Gasteiger partial charge in [0.2, 0.25) is 0 Å². The van der Waals surface area contributed by atoms with Crippen LogP contribution in [-0.4, -0.2) is 42.0 Å². The Balaban J connectivity index is 2.12. The van der Waals surface area contributed by atoms with Gasteiger partial charge in [0, 0.05) is 23.3 Å². The number of halogens is 3. The number of Topliss-reactive ketones (excluding diaryl/α,β-unsaturated/α-hetero) is 1. The summed E-state index contributed by atoms with van der Waals surface area (Å²) in [6.07, 6.45) is -3.83. The summed E-state index contributed by atoms with van der Waals surface area (Å²) in [7, 11) is 0. The van der Waals surface area contributed by atoms with Crippen molar-refractivity contribution < 1.29 is 23.1 Å². The van der Waals surface area contributed by atoms with Crippen LogP contribution in [0.3, 0.4) is 0 Å². The Labute approximate surface area is 139 Å². The molecule has 1 fully saturated rings. The Morgan fingerprint density at radius 2 is 2.17 bits per heavy atom. The number of hydrogen-bond donors (Lipinski definition) is 2. The Morgan fingerprint density at radius 3 is 2.75 bits per heavy atom. The Kier molecular flexibility index (Phi) is 5.35. The van der Waals surface area contributed by atoms with Gasteiger partial charge in [-0.05, 0) is 38.1 Å². The predicted molar refractivity (Wildman–Crippen MR) is 85.5 cm³/mol. The molecule has 1 saturated heterocycles. The van der Waals surface area contributed by atoms with E-state index in [1.54, 1.807) is 0 Å². The van der Waals surface area contributed by atoms with Crippen molar-refractivity contribution in [2.45, 2.75) is 19.5 Å². The highest BCUT2D eigenvalue weighted by molar-refractivity contribution is 5.77. The molecule has 4 nitrogen and oxygen atoms in total. The molecule has 2 rings (SSSR count). The lowest BCUT2D eigenvalue weighted by molar-refractivity contribution is -0.137. The van der Waals surface area contributed by atoms with Crippen molar-refractivity contribution in [2.24, 2.45) is 5.41 Å². The highest BCUT2D eigenvalue weighted by Crippen LogP contribution is 2.38. The number of nitrogens with one attached hydrogen (secondary N) is 1. The zero-order valence-electron chi connectivity index (χ0n) is 13.5. The molecule has 0 unspecified atom stereocenters. The lowest BCUT2D eigenvalue weighted by Crippen LogP contribution is -2.36. The Morgan fingerprint density at radius 1 is 1.46 bits per heavy atom. The van der Waals surface area contributed by atoms with Gasteiger partial charge in [0.05, 0.1) is 18.7 Å². The number of alkyl halides is 3. The van der Waals surface area contributed by atoms with Gasteiger partial charge in [0.25, 0.3) is 0 Å². The largest absolute Gasteiger partial charge is 0.416 e. The number of nitrogens with zero attached hydrogens (tertiary/aromatic N) is 1. The first-order valence-corrected chi connectivity index (χ1v) is 7.63. The number of aliphatic hydroxyl groups is 1. The Bertz CT molecular complexity index is 631. The zero-order chi connectivity index (χ0) is 18.0. The molecule has 0 spiro atoms. The van der Waals surface area contributed by atoms with Gasteiger partial charge in [-0.3, -0.25) is 9.69 Å². The molecule has 1 atom stereocenters. The van der Waals surface area contributed by atoms with Gasteiger partial charge in [-0.1, -0.05) is 12.6 Å². The number of anilines is 1. The van der Waals surface area contributed by atoms with Crippen LogP contribution in [0.1, 0.15) is 18.9 Å². The minimum Gasteiger partial charge on any atom is -0.395 e. The topological polar surface area (TPSA) is 52.6 Å². The van der Waals surface area contributed by atoms with Crippen molar-refractivity contribution >= 4 is 11.5 Å². The van der Waals surface area contributed by atoms with Crippen LogP contribution >= 0.6 is 0 Å². The number of hydrogen-bond acceptors (Lipinski definition) is 4. The third kappa shape index (κ3) is 4.15. The number of carbonyl (C=O) groups is 1. The van der Waals surface area contributed by atoms with Crippen LogP contribution in [-0.2, 0) is 11.0 Å². The van der Waals surface area contributed by atoms with E-state index >= 15 is 0 Å². The molecule has 0 radical (unpaired) electrons. The first kappa shape index (κ1) is 18.5. The van der Waals surface area contributed by atoms with Crippen molar-refractivity contribution in [2.75, 3.05) is 31.6 Å². The summed E-state index contributed by atoms with van der Waals surface area (Å²) in [6.45, 7) is 6.58. The number of carbonyl (C=O) groups excluding carboxylic acids is 1. The molecule has 1 aliphatic rings. The molecule has 0 aromatic heterocycles.